The number of carbonyl (C=O) groups excluding carboxylic acids is 1. The molecular weight excluding hydrogens is 326 g/mol. The van der Waals surface area contributed by atoms with Gasteiger partial charge in [0.25, 0.3) is 5.91 Å². The standard InChI is InChI=1S/C20H27N5O/c1-3-4-11-24(2)20(26)18-14-19(22-15-21-18)23-16-7-9-17(10-8-16)25-12-5-6-13-25/h7-10,14-15H,3-6,11-13H2,1-2H3,(H,21,22,23). The summed E-state index contributed by atoms with van der Waals surface area (Å²) in [6, 6.07) is 10.0. The molecule has 0 radical (unpaired) electrons. The number of aromatic nitrogens is 2. The van der Waals surface area contributed by atoms with Gasteiger partial charge in [0.05, 0.1) is 0 Å². The van der Waals surface area contributed by atoms with Gasteiger partial charge in [0.2, 0.25) is 0 Å². The predicted octanol–water partition coefficient (Wildman–Crippen LogP) is 3.69. The summed E-state index contributed by atoms with van der Waals surface area (Å²) in [7, 11) is 1.81. The summed E-state index contributed by atoms with van der Waals surface area (Å²) in [6.07, 6.45) is 6.01. The molecule has 0 saturated carbocycles. The molecule has 1 fully saturated rings. The largest absolute Gasteiger partial charge is 0.372 e. The third kappa shape index (κ3) is 4.50. The van der Waals surface area contributed by atoms with Gasteiger partial charge in [-0.1, -0.05) is 13.3 Å². The molecule has 1 amide bonds. The fraction of sp³-hybridized carbons (Fsp3) is 0.450. The first kappa shape index (κ1) is 18.2. The molecule has 1 aromatic heterocycles. The van der Waals surface area contributed by atoms with Crippen molar-refractivity contribution in [2.45, 2.75) is 32.6 Å². The number of amides is 1. The molecule has 0 spiro atoms. The molecule has 1 N–H and O–H groups in total. The number of hydrogen-bond donors (Lipinski definition) is 1. The highest BCUT2D eigenvalue weighted by molar-refractivity contribution is 5.92. The van der Waals surface area contributed by atoms with Crippen LogP contribution in [0.4, 0.5) is 17.2 Å². The Kier molecular flexibility index (Phi) is 6.04. The van der Waals surface area contributed by atoms with E-state index in [0.29, 0.717) is 11.5 Å². The van der Waals surface area contributed by atoms with Gasteiger partial charge in [-0.3, -0.25) is 4.79 Å². The van der Waals surface area contributed by atoms with Crippen LogP contribution in [0.25, 0.3) is 0 Å². The Hall–Kier alpha value is -2.63. The minimum Gasteiger partial charge on any atom is -0.372 e. The maximum atomic E-state index is 12.4. The summed E-state index contributed by atoms with van der Waals surface area (Å²) in [4.78, 5) is 24.9. The Morgan fingerprint density at radius 1 is 1.19 bits per heavy atom. The van der Waals surface area contributed by atoms with Crippen molar-refractivity contribution in [2.24, 2.45) is 0 Å². The molecule has 1 aliphatic rings. The molecule has 1 aromatic carbocycles. The highest BCUT2D eigenvalue weighted by atomic mass is 16.2. The maximum absolute atomic E-state index is 12.4. The Morgan fingerprint density at radius 2 is 1.92 bits per heavy atom. The van der Waals surface area contributed by atoms with Crippen molar-refractivity contribution in [3.8, 4) is 0 Å². The van der Waals surface area contributed by atoms with Crippen molar-refractivity contribution < 1.29 is 4.79 Å². The summed E-state index contributed by atoms with van der Waals surface area (Å²) in [5.41, 5.74) is 2.61. The second kappa shape index (κ2) is 8.65. The minimum absolute atomic E-state index is 0.0757. The van der Waals surface area contributed by atoms with E-state index in [0.717, 1.165) is 38.2 Å². The normalized spacial score (nSPS) is 13.7. The highest BCUT2D eigenvalue weighted by Gasteiger charge is 2.14. The first-order valence-electron chi connectivity index (χ1n) is 9.37. The molecule has 6 nitrogen and oxygen atoms in total. The van der Waals surface area contributed by atoms with Crippen LogP contribution in [-0.2, 0) is 0 Å². The molecule has 2 heterocycles. The van der Waals surface area contributed by atoms with Crippen molar-refractivity contribution in [2.75, 3.05) is 36.9 Å². The van der Waals surface area contributed by atoms with Crippen molar-refractivity contribution in [1.29, 1.82) is 0 Å². The van der Waals surface area contributed by atoms with Crippen LogP contribution in [0.2, 0.25) is 0 Å². The van der Waals surface area contributed by atoms with Gasteiger partial charge in [0, 0.05) is 44.1 Å². The van der Waals surface area contributed by atoms with Gasteiger partial charge in [0.1, 0.15) is 17.8 Å². The average Bonchev–Trinajstić information content (AvgIpc) is 3.21. The van der Waals surface area contributed by atoms with E-state index >= 15 is 0 Å². The summed E-state index contributed by atoms with van der Waals surface area (Å²) in [6.45, 7) is 5.12. The highest BCUT2D eigenvalue weighted by Crippen LogP contribution is 2.23. The number of nitrogens with zero attached hydrogens (tertiary/aromatic N) is 4. The van der Waals surface area contributed by atoms with Gasteiger partial charge < -0.3 is 15.1 Å². The summed E-state index contributed by atoms with van der Waals surface area (Å²) in [5, 5.41) is 3.26. The number of hydrogen-bond acceptors (Lipinski definition) is 5. The first-order valence-corrected chi connectivity index (χ1v) is 9.37. The van der Waals surface area contributed by atoms with Crippen molar-refractivity contribution in [3.63, 3.8) is 0 Å². The van der Waals surface area contributed by atoms with Crippen LogP contribution in [0.15, 0.2) is 36.7 Å². The van der Waals surface area contributed by atoms with E-state index in [1.807, 2.05) is 19.2 Å². The molecule has 0 bridgehead atoms. The molecule has 1 aliphatic heterocycles. The second-order valence-corrected chi connectivity index (χ2v) is 6.73. The Balaban J connectivity index is 1.65. The quantitative estimate of drug-likeness (QED) is 0.822. The number of anilines is 3. The van der Waals surface area contributed by atoms with E-state index in [1.165, 1.54) is 24.9 Å². The third-order valence-electron chi connectivity index (χ3n) is 4.69. The van der Waals surface area contributed by atoms with Crippen LogP contribution in [0.1, 0.15) is 43.1 Å². The van der Waals surface area contributed by atoms with E-state index < -0.39 is 0 Å². The Morgan fingerprint density at radius 3 is 2.62 bits per heavy atom. The van der Waals surface area contributed by atoms with Gasteiger partial charge >= 0.3 is 0 Å². The maximum Gasteiger partial charge on any atom is 0.272 e. The minimum atomic E-state index is -0.0757. The second-order valence-electron chi connectivity index (χ2n) is 6.73. The van der Waals surface area contributed by atoms with Gasteiger partial charge in [-0.15, -0.1) is 0 Å². The number of benzene rings is 1. The fourth-order valence-corrected chi connectivity index (χ4v) is 3.11. The lowest BCUT2D eigenvalue weighted by Crippen LogP contribution is -2.28. The Bertz CT molecular complexity index is 725. The van der Waals surface area contributed by atoms with Gasteiger partial charge in [-0.25, -0.2) is 9.97 Å². The zero-order valence-electron chi connectivity index (χ0n) is 15.6. The van der Waals surface area contributed by atoms with E-state index in [2.05, 4.69) is 39.2 Å². The zero-order valence-corrected chi connectivity index (χ0v) is 15.6. The van der Waals surface area contributed by atoms with Gasteiger partial charge in [-0.2, -0.15) is 0 Å². The molecule has 1 saturated heterocycles. The molecule has 0 unspecified atom stereocenters. The van der Waals surface area contributed by atoms with E-state index in [9.17, 15) is 4.79 Å². The Labute approximate surface area is 155 Å². The fourth-order valence-electron chi connectivity index (χ4n) is 3.11. The van der Waals surface area contributed by atoms with Crippen LogP contribution >= 0.6 is 0 Å². The molecule has 2 aromatic rings. The van der Waals surface area contributed by atoms with Crippen LogP contribution < -0.4 is 10.2 Å². The van der Waals surface area contributed by atoms with Crippen LogP contribution in [0.3, 0.4) is 0 Å². The van der Waals surface area contributed by atoms with Crippen molar-refractivity contribution in [3.05, 3.63) is 42.4 Å². The topological polar surface area (TPSA) is 61.4 Å². The zero-order chi connectivity index (χ0) is 18.4. The monoisotopic (exact) mass is 353 g/mol. The number of carbonyl (C=O) groups is 1. The lowest BCUT2D eigenvalue weighted by atomic mass is 10.2. The molecule has 3 rings (SSSR count). The molecule has 6 heteroatoms. The molecule has 0 atom stereocenters. The molecule has 138 valence electrons. The van der Waals surface area contributed by atoms with Crippen molar-refractivity contribution >= 4 is 23.1 Å². The smallest absolute Gasteiger partial charge is 0.272 e. The molecule has 0 aliphatic carbocycles. The summed E-state index contributed by atoms with van der Waals surface area (Å²) in [5.74, 6) is 0.550. The summed E-state index contributed by atoms with van der Waals surface area (Å²) >= 11 is 0. The molecule has 26 heavy (non-hydrogen) atoms. The van der Waals surface area contributed by atoms with E-state index in [4.69, 9.17) is 0 Å². The van der Waals surface area contributed by atoms with E-state index in [-0.39, 0.29) is 5.91 Å². The lowest BCUT2D eigenvalue weighted by Gasteiger charge is -2.18. The lowest BCUT2D eigenvalue weighted by molar-refractivity contribution is 0.0787. The SMILES string of the molecule is CCCCN(C)C(=O)c1cc(Nc2ccc(N3CCCC3)cc2)ncn1. The van der Waals surface area contributed by atoms with E-state index in [1.54, 1.807) is 11.0 Å². The van der Waals surface area contributed by atoms with Gasteiger partial charge in [0.15, 0.2) is 0 Å². The number of rotatable bonds is 7. The summed E-state index contributed by atoms with van der Waals surface area (Å²) < 4.78 is 0. The first-order chi connectivity index (χ1) is 12.7. The van der Waals surface area contributed by atoms with Crippen molar-refractivity contribution in [1.82, 2.24) is 14.9 Å². The van der Waals surface area contributed by atoms with Gasteiger partial charge in [-0.05, 0) is 43.5 Å². The predicted molar refractivity (Wildman–Crippen MR) is 105 cm³/mol. The van der Waals surface area contributed by atoms with Crippen LogP contribution in [0, 0.1) is 0 Å². The third-order valence-corrected chi connectivity index (χ3v) is 4.69. The average molecular weight is 353 g/mol. The number of nitrogens with one attached hydrogen (secondary N) is 1. The van der Waals surface area contributed by atoms with Crippen LogP contribution in [0.5, 0.6) is 0 Å². The number of unbranched alkanes of at least 4 members (excludes halogenated alkanes) is 1. The molecular formula is C20H27N5O. The van der Waals surface area contributed by atoms with Crippen LogP contribution in [-0.4, -0.2) is 47.5 Å².